The molecule has 0 radical (unpaired) electrons. The first-order valence-corrected chi connectivity index (χ1v) is 19.8. The minimum atomic E-state index is -1.29. The van der Waals surface area contributed by atoms with Gasteiger partial charge >= 0.3 is 11.9 Å². The van der Waals surface area contributed by atoms with Gasteiger partial charge in [0.25, 0.3) is 0 Å². The summed E-state index contributed by atoms with van der Waals surface area (Å²) in [5.41, 5.74) is -2.62. The van der Waals surface area contributed by atoms with Crippen LogP contribution in [0.5, 0.6) is 0 Å². The molecular weight excluding hydrogens is 673 g/mol. The number of aliphatic hydroxyl groups is 4. The van der Waals surface area contributed by atoms with Gasteiger partial charge in [-0.2, -0.15) is 25.3 Å². The lowest BCUT2D eigenvalue weighted by Gasteiger charge is -2.69. The Balaban J connectivity index is 1.73. The predicted molar refractivity (Wildman–Crippen MR) is 203 cm³/mol. The number of aliphatic hydroxyl groups excluding tert-OH is 4. The topological polar surface area (TPSA) is 134 Å². The predicted octanol–water partition coefficient (Wildman–Crippen LogP) is 6.49. The molecule has 4 rings (SSSR count). The second-order valence-corrected chi connectivity index (χ2v) is 19.3. The summed E-state index contributed by atoms with van der Waals surface area (Å²) in [5.74, 6) is -1.46. The molecule has 8 nitrogen and oxygen atoms in total. The first kappa shape index (κ1) is 41.7. The van der Waals surface area contributed by atoms with E-state index in [1.165, 1.54) is 0 Å². The van der Waals surface area contributed by atoms with Crippen LogP contribution in [0.4, 0.5) is 0 Å². The summed E-state index contributed by atoms with van der Waals surface area (Å²) in [6.45, 7) is 19.6. The zero-order valence-corrected chi connectivity index (χ0v) is 33.6. The van der Waals surface area contributed by atoms with Gasteiger partial charge < -0.3 is 29.9 Å². The van der Waals surface area contributed by atoms with Crippen molar-refractivity contribution in [2.75, 3.05) is 13.2 Å². The van der Waals surface area contributed by atoms with E-state index in [2.05, 4.69) is 13.5 Å². The van der Waals surface area contributed by atoms with Gasteiger partial charge in [0.05, 0.1) is 42.4 Å². The van der Waals surface area contributed by atoms with Crippen molar-refractivity contribution in [1.29, 1.82) is 0 Å². The number of fused-ring (bicyclic) bond motifs is 2. The van der Waals surface area contributed by atoms with Gasteiger partial charge in [-0.25, -0.2) is 4.79 Å². The number of allylic oxidation sites excluding steroid dienone is 2. The molecule has 4 aliphatic rings. The molecule has 4 fully saturated rings. The smallest absolute Gasteiger partial charge is 0.333 e. The van der Waals surface area contributed by atoms with Gasteiger partial charge in [0.15, 0.2) is 0 Å². The SMILES string of the molecule is C=CCC1[C@@]2(S)CC[C@H](O)[C@](C)(COC(=O)/C(C)=C/C)C2CC[C@@]1(S)[C@@]1(C)CC2CC(C)(C)[C@@H](O)[C@H](O)[C@]2(COC(=O)C(CC)CC)[C@H](O)C1. The summed E-state index contributed by atoms with van der Waals surface area (Å²) in [4.78, 5) is 25.9. The van der Waals surface area contributed by atoms with Gasteiger partial charge in [-0.1, -0.05) is 53.7 Å². The lowest BCUT2D eigenvalue weighted by atomic mass is 9.42. The quantitative estimate of drug-likeness (QED) is 0.0614. The zero-order chi connectivity index (χ0) is 37.7. The highest BCUT2D eigenvalue weighted by atomic mass is 32.1. The average Bonchev–Trinajstić information content (AvgIpc) is 3.06. The van der Waals surface area contributed by atoms with E-state index in [1.807, 2.05) is 40.7 Å². The molecule has 0 bridgehead atoms. The van der Waals surface area contributed by atoms with E-state index < -0.39 is 61.5 Å². The van der Waals surface area contributed by atoms with Crippen molar-refractivity contribution in [2.45, 2.75) is 154 Å². The molecule has 4 saturated carbocycles. The number of hydrogen-bond donors (Lipinski definition) is 6. The van der Waals surface area contributed by atoms with Crippen molar-refractivity contribution in [2.24, 2.45) is 45.3 Å². The van der Waals surface area contributed by atoms with Crippen molar-refractivity contribution in [3.05, 3.63) is 24.3 Å². The molecular formula is C40H66O8S2. The molecule has 0 heterocycles. The molecule has 4 N–H and O–H groups in total. The highest BCUT2D eigenvalue weighted by Crippen LogP contribution is 2.70. The number of esters is 2. The highest BCUT2D eigenvalue weighted by Gasteiger charge is 2.71. The molecule has 0 amide bonds. The average molecular weight is 739 g/mol. The monoisotopic (exact) mass is 738 g/mol. The molecule has 12 atom stereocenters. The van der Waals surface area contributed by atoms with Gasteiger partial charge in [-0.3, -0.25) is 4.79 Å². The molecule has 0 saturated heterocycles. The molecule has 286 valence electrons. The van der Waals surface area contributed by atoms with Gasteiger partial charge in [-0.15, -0.1) is 6.58 Å². The van der Waals surface area contributed by atoms with Gasteiger partial charge in [-0.05, 0) is 107 Å². The van der Waals surface area contributed by atoms with Gasteiger partial charge in [0, 0.05) is 20.5 Å². The largest absolute Gasteiger partial charge is 0.465 e. The summed E-state index contributed by atoms with van der Waals surface area (Å²) in [5, 5.41) is 47.1. The van der Waals surface area contributed by atoms with E-state index >= 15 is 0 Å². The zero-order valence-electron chi connectivity index (χ0n) is 31.8. The summed E-state index contributed by atoms with van der Waals surface area (Å²) in [6.07, 6.45) is 5.35. The Morgan fingerprint density at radius 2 is 1.54 bits per heavy atom. The third-order valence-corrected chi connectivity index (χ3v) is 16.5. The van der Waals surface area contributed by atoms with Crippen LogP contribution >= 0.6 is 25.3 Å². The van der Waals surface area contributed by atoms with Crippen LogP contribution in [0.15, 0.2) is 24.3 Å². The van der Waals surface area contributed by atoms with E-state index in [9.17, 15) is 30.0 Å². The molecule has 0 aromatic rings. The Labute approximate surface area is 312 Å². The molecule has 0 aromatic heterocycles. The lowest BCUT2D eigenvalue weighted by Crippen LogP contribution is -2.72. The second-order valence-electron chi connectivity index (χ2n) is 17.7. The molecule has 0 aromatic carbocycles. The normalized spacial score (nSPS) is 44.5. The van der Waals surface area contributed by atoms with Crippen LogP contribution < -0.4 is 0 Å². The standard InChI is InChI=1S/C40H66O8S2/c1-10-14-28-39(49)17-16-29(41)37(9,22-47-33(45)24(5)11-2)27(39)15-18-40(28,50)36(8)20-26-19-35(6,7)31(43)32(44)38(26,30(42)21-36)23-48-34(46)25(12-3)13-4/h10-11,25-32,41-44,49-50H,1,12-23H2,2-9H3/b24-11+/t26?,27?,28?,29-,30+,31-,32-,36-,37+,38-,39+,40-/m0/s1. The Morgan fingerprint density at radius 3 is 2.12 bits per heavy atom. The highest BCUT2D eigenvalue weighted by molar-refractivity contribution is 7.83. The van der Waals surface area contributed by atoms with Crippen molar-refractivity contribution in [3.8, 4) is 0 Å². The molecule has 10 heteroatoms. The fraction of sp³-hybridized carbons (Fsp3) is 0.850. The van der Waals surface area contributed by atoms with Crippen molar-refractivity contribution in [1.82, 2.24) is 0 Å². The van der Waals surface area contributed by atoms with E-state index in [-0.39, 0.29) is 42.9 Å². The molecule has 3 unspecified atom stereocenters. The summed E-state index contributed by atoms with van der Waals surface area (Å²) < 4.78 is 10.6. The Morgan fingerprint density at radius 1 is 0.900 bits per heavy atom. The molecule has 4 aliphatic carbocycles. The van der Waals surface area contributed by atoms with E-state index in [1.54, 1.807) is 19.9 Å². The van der Waals surface area contributed by atoms with E-state index in [0.717, 1.165) is 0 Å². The number of hydrogen-bond acceptors (Lipinski definition) is 10. The molecule has 50 heavy (non-hydrogen) atoms. The fourth-order valence-corrected chi connectivity index (χ4v) is 12.7. The first-order chi connectivity index (χ1) is 23.2. The van der Waals surface area contributed by atoms with Crippen LogP contribution in [0.3, 0.4) is 0 Å². The molecule has 0 aliphatic heterocycles. The van der Waals surface area contributed by atoms with Crippen molar-refractivity contribution < 1.29 is 39.5 Å². The summed E-state index contributed by atoms with van der Waals surface area (Å²) >= 11 is 11.2. The minimum absolute atomic E-state index is 0.0804. The Kier molecular flexibility index (Phi) is 12.5. The Bertz CT molecular complexity index is 1300. The van der Waals surface area contributed by atoms with Crippen molar-refractivity contribution in [3.63, 3.8) is 0 Å². The maximum atomic E-state index is 13.1. The fourth-order valence-electron chi connectivity index (χ4n) is 11.0. The van der Waals surface area contributed by atoms with Gasteiger partial charge in [0.2, 0.25) is 0 Å². The number of thiol groups is 2. The number of rotatable bonds is 11. The third kappa shape index (κ3) is 6.67. The minimum Gasteiger partial charge on any atom is -0.465 e. The van der Waals surface area contributed by atoms with Crippen LogP contribution in [-0.4, -0.2) is 79.5 Å². The van der Waals surface area contributed by atoms with Crippen LogP contribution in [0.25, 0.3) is 0 Å². The van der Waals surface area contributed by atoms with Gasteiger partial charge in [0.1, 0.15) is 6.61 Å². The lowest BCUT2D eigenvalue weighted by molar-refractivity contribution is -0.259. The number of carbonyl (C=O) groups is 2. The Hall–Kier alpha value is -1.04. The summed E-state index contributed by atoms with van der Waals surface area (Å²) in [6, 6.07) is 0. The van der Waals surface area contributed by atoms with Crippen molar-refractivity contribution >= 4 is 37.2 Å². The van der Waals surface area contributed by atoms with Crippen LogP contribution in [-0.2, 0) is 19.1 Å². The first-order valence-electron chi connectivity index (χ1n) is 18.9. The number of ether oxygens (including phenoxy) is 2. The maximum Gasteiger partial charge on any atom is 0.333 e. The third-order valence-electron chi connectivity index (χ3n) is 14.6. The number of carbonyl (C=O) groups excluding carboxylic acids is 2. The molecule has 0 spiro atoms. The van der Waals surface area contributed by atoms with E-state index in [0.29, 0.717) is 69.8 Å². The summed E-state index contributed by atoms with van der Waals surface area (Å²) in [7, 11) is 0. The second kappa shape index (κ2) is 15.0. The van der Waals surface area contributed by atoms with Crippen LogP contribution in [0.1, 0.15) is 120 Å². The van der Waals surface area contributed by atoms with E-state index in [4.69, 9.17) is 34.7 Å². The van der Waals surface area contributed by atoms with Crippen LogP contribution in [0.2, 0.25) is 0 Å². The maximum absolute atomic E-state index is 13.1. The van der Waals surface area contributed by atoms with Crippen LogP contribution in [0, 0.1) is 45.3 Å².